The predicted molar refractivity (Wildman–Crippen MR) is 72.3 cm³/mol. The molecule has 2 rings (SSSR count). The Balaban J connectivity index is 2.26. The Morgan fingerprint density at radius 1 is 1.21 bits per heavy atom. The average Bonchev–Trinajstić information content (AvgIpc) is 2.33. The van der Waals surface area contributed by atoms with Gasteiger partial charge in [0.15, 0.2) is 0 Å². The molecule has 0 bridgehead atoms. The van der Waals surface area contributed by atoms with Crippen LogP contribution in [-0.2, 0) is 0 Å². The molecule has 19 heavy (non-hydrogen) atoms. The van der Waals surface area contributed by atoms with Gasteiger partial charge < -0.3 is 9.84 Å². The van der Waals surface area contributed by atoms with Gasteiger partial charge in [-0.15, -0.1) is 0 Å². The normalized spacial score (nSPS) is 10.3. The molecule has 0 saturated heterocycles. The molecule has 2 aromatic rings. The third-order valence-electron chi connectivity index (χ3n) is 2.56. The van der Waals surface area contributed by atoms with Gasteiger partial charge in [0.2, 0.25) is 0 Å². The Kier molecular flexibility index (Phi) is 3.85. The molecule has 98 valence electrons. The quantitative estimate of drug-likeness (QED) is 0.910. The van der Waals surface area contributed by atoms with Crippen LogP contribution in [0, 0.1) is 12.7 Å². The van der Waals surface area contributed by atoms with E-state index >= 15 is 0 Å². The van der Waals surface area contributed by atoms with Gasteiger partial charge in [-0.2, -0.15) is 0 Å². The fourth-order valence-corrected chi connectivity index (χ4v) is 1.86. The minimum atomic E-state index is -0.987. The third-order valence-corrected chi connectivity index (χ3v) is 3.20. The van der Waals surface area contributed by atoms with Gasteiger partial charge in [0.05, 0.1) is 10.0 Å². The largest absolute Gasteiger partial charge is 0.478 e. The zero-order chi connectivity index (χ0) is 14.0. The van der Waals surface area contributed by atoms with Crippen molar-refractivity contribution in [2.24, 2.45) is 0 Å². The van der Waals surface area contributed by atoms with Crippen LogP contribution in [0.25, 0.3) is 0 Å². The molecule has 0 radical (unpaired) electrons. The molecule has 0 fully saturated rings. The van der Waals surface area contributed by atoms with Gasteiger partial charge in [-0.3, -0.25) is 0 Å². The number of rotatable bonds is 3. The molecule has 3 nitrogen and oxygen atoms in total. The minimum Gasteiger partial charge on any atom is -0.478 e. The van der Waals surface area contributed by atoms with Gasteiger partial charge in [0.25, 0.3) is 0 Å². The van der Waals surface area contributed by atoms with Gasteiger partial charge in [0, 0.05) is 6.07 Å². The molecule has 1 N–H and O–H groups in total. The maximum absolute atomic E-state index is 13.3. The molecule has 5 heteroatoms. The summed E-state index contributed by atoms with van der Waals surface area (Å²) in [6.45, 7) is 1.68. The van der Waals surface area contributed by atoms with E-state index in [2.05, 4.69) is 15.9 Å². The van der Waals surface area contributed by atoms with Gasteiger partial charge in [-0.25, -0.2) is 9.18 Å². The summed E-state index contributed by atoms with van der Waals surface area (Å²) in [4.78, 5) is 10.9. The fourth-order valence-electron chi connectivity index (χ4n) is 1.62. The lowest BCUT2D eigenvalue weighted by atomic mass is 10.1. The number of ether oxygens (including phenoxy) is 1. The molecule has 0 aliphatic rings. The van der Waals surface area contributed by atoms with Crippen LogP contribution in [0.1, 0.15) is 15.9 Å². The van der Waals surface area contributed by atoms with E-state index in [9.17, 15) is 9.18 Å². The van der Waals surface area contributed by atoms with Crippen molar-refractivity contribution >= 4 is 21.9 Å². The highest BCUT2D eigenvalue weighted by atomic mass is 79.9. The monoisotopic (exact) mass is 324 g/mol. The number of carboxylic acid groups (broad SMARTS) is 1. The first-order valence-electron chi connectivity index (χ1n) is 5.44. The number of carboxylic acids is 1. The standard InChI is InChI=1S/C14H10BrFO3/c1-8-6-9(2-4-11(8)14(17)18)19-10-3-5-12(15)13(16)7-10/h2-7H,1H3,(H,17,18). The zero-order valence-corrected chi connectivity index (χ0v) is 11.6. The van der Waals surface area contributed by atoms with E-state index in [0.717, 1.165) is 0 Å². The number of aryl methyl sites for hydroxylation is 1. The van der Waals surface area contributed by atoms with Crippen molar-refractivity contribution in [2.75, 3.05) is 0 Å². The van der Waals surface area contributed by atoms with Crippen molar-refractivity contribution in [1.29, 1.82) is 0 Å². The van der Waals surface area contributed by atoms with Crippen molar-refractivity contribution in [2.45, 2.75) is 6.92 Å². The molecule has 0 saturated carbocycles. The van der Waals surface area contributed by atoms with Crippen LogP contribution < -0.4 is 4.74 Å². The summed E-state index contributed by atoms with van der Waals surface area (Å²) < 4.78 is 19.2. The molecule has 0 amide bonds. The van der Waals surface area contributed by atoms with Crippen molar-refractivity contribution in [3.63, 3.8) is 0 Å². The highest BCUT2D eigenvalue weighted by molar-refractivity contribution is 9.10. The highest BCUT2D eigenvalue weighted by Crippen LogP contribution is 2.27. The number of benzene rings is 2. The lowest BCUT2D eigenvalue weighted by Gasteiger charge is -2.08. The SMILES string of the molecule is Cc1cc(Oc2ccc(Br)c(F)c2)ccc1C(=O)O. The van der Waals surface area contributed by atoms with E-state index in [0.29, 0.717) is 21.5 Å². The number of carbonyl (C=O) groups is 1. The lowest BCUT2D eigenvalue weighted by molar-refractivity contribution is 0.0696. The molecule has 0 atom stereocenters. The van der Waals surface area contributed by atoms with Gasteiger partial charge >= 0.3 is 5.97 Å². The average molecular weight is 325 g/mol. The molecular weight excluding hydrogens is 315 g/mol. The summed E-state index contributed by atoms with van der Waals surface area (Å²) in [5.74, 6) is -0.595. The molecule has 2 aromatic carbocycles. The van der Waals surface area contributed by atoms with E-state index < -0.39 is 11.8 Å². The first-order valence-corrected chi connectivity index (χ1v) is 6.23. The van der Waals surface area contributed by atoms with Crippen LogP contribution in [0.5, 0.6) is 11.5 Å². The lowest BCUT2D eigenvalue weighted by Crippen LogP contribution is -1.99. The molecule has 0 aliphatic heterocycles. The van der Waals surface area contributed by atoms with E-state index in [1.54, 1.807) is 25.1 Å². The number of hydrogen-bond acceptors (Lipinski definition) is 2. The first kappa shape index (κ1) is 13.5. The summed E-state index contributed by atoms with van der Waals surface area (Å²) in [7, 11) is 0. The topological polar surface area (TPSA) is 46.5 Å². The Morgan fingerprint density at radius 2 is 1.84 bits per heavy atom. The Hall–Kier alpha value is -1.88. The Morgan fingerprint density at radius 3 is 2.42 bits per heavy atom. The molecular formula is C14H10BrFO3. The number of halogens is 2. The van der Waals surface area contributed by atoms with Crippen molar-refractivity contribution < 1.29 is 19.0 Å². The smallest absolute Gasteiger partial charge is 0.335 e. The molecule has 0 unspecified atom stereocenters. The van der Waals surface area contributed by atoms with Crippen LogP contribution in [0.4, 0.5) is 4.39 Å². The highest BCUT2D eigenvalue weighted by Gasteiger charge is 2.08. The summed E-state index contributed by atoms with van der Waals surface area (Å²) in [6, 6.07) is 9.02. The van der Waals surface area contributed by atoms with Crippen molar-refractivity contribution in [1.82, 2.24) is 0 Å². The molecule has 0 heterocycles. The molecule has 0 spiro atoms. The second-order valence-electron chi connectivity index (χ2n) is 3.96. The Bertz CT molecular complexity index is 641. The molecule has 0 aromatic heterocycles. The molecule has 0 aliphatic carbocycles. The van der Waals surface area contributed by atoms with Gasteiger partial charge in [0.1, 0.15) is 17.3 Å². The van der Waals surface area contributed by atoms with Crippen LogP contribution >= 0.6 is 15.9 Å². The van der Waals surface area contributed by atoms with Crippen molar-refractivity contribution in [3.8, 4) is 11.5 Å². The summed E-state index contributed by atoms with van der Waals surface area (Å²) in [5.41, 5.74) is 0.803. The minimum absolute atomic E-state index is 0.217. The van der Waals surface area contributed by atoms with Crippen molar-refractivity contribution in [3.05, 3.63) is 57.8 Å². The van der Waals surface area contributed by atoms with Crippen LogP contribution in [-0.4, -0.2) is 11.1 Å². The van der Waals surface area contributed by atoms with Crippen LogP contribution in [0.2, 0.25) is 0 Å². The predicted octanol–water partition coefficient (Wildman–Crippen LogP) is 4.39. The summed E-state index contributed by atoms with van der Waals surface area (Å²) in [5, 5.41) is 8.92. The number of hydrogen-bond donors (Lipinski definition) is 1. The van der Waals surface area contributed by atoms with Gasteiger partial charge in [-0.1, -0.05) is 0 Å². The maximum Gasteiger partial charge on any atom is 0.335 e. The zero-order valence-electron chi connectivity index (χ0n) is 9.98. The van der Waals surface area contributed by atoms with E-state index in [4.69, 9.17) is 9.84 Å². The first-order chi connectivity index (χ1) is 8.97. The second kappa shape index (κ2) is 5.40. The van der Waals surface area contributed by atoms with Crippen LogP contribution in [0.15, 0.2) is 40.9 Å². The third kappa shape index (κ3) is 3.12. The summed E-state index contributed by atoms with van der Waals surface area (Å²) in [6.07, 6.45) is 0. The fraction of sp³-hybridized carbons (Fsp3) is 0.0714. The number of aromatic carboxylic acids is 1. The van der Waals surface area contributed by atoms with E-state index in [1.165, 1.54) is 18.2 Å². The Labute approximate surface area is 117 Å². The summed E-state index contributed by atoms with van der Waals surface area (Å²) >= 11 is 3.06. The second-order valence-corrected chi connectivity index (χ2v) is 4.81. The van der Waals surface area contributed by atoms with Crippen LogP contribution in [0.3, 0.4) is 0 Å². The van der Waals surface area contributed by atoms with E-state index in [-0.39, 0.29) is 5.56 Å². The van der Waals surface area contributed by atoms with Gasteiger partial charge in [-0.05, 0) is 58.7 Å². The maximum atomic E-state index is 13.3. The van der Waals surface area contributed by atoms with E-state index in [1.807, 2.05) is 0 Å².